The third-order valence-electron chi connectivity index (χ3n) is 4.76. The van der Waals surface area contributed by atoms with E-state index < -0.39 is 12.1 Å². The highest BCUT2D eigenvalue weighted by molar-refractivity contribution is 5.92. The highest BCUT2D eigenvalue weighted by Crippen LogP contribution is 2.22. The van der Waals surface area contributed by atoms with Crippen LogP contribution in [-0.4, -0.2) is 58.4 Å². The highest BCUT2D eigenvalue weighted by Gasteiger charge is 2.32. The number of amides is 3. The number of aromatic nitrogens is 2. The number of nitrogens with zero attached hydrogens (tertiary/aromatic N) is 2. The number of hydrogen-bond donors (Lipinski definition) is 4. The predicted molar refractivity (Wildman–Crippen MR) is 106 cm³/mol. The van der Waals surface area contributed by atoms with E-state index in [0.29, 0.717) is 31.5 Å². The molecule has 0 saturated carbocycles. The van der Waals surface area contributed by atoms with Crippen LogP contribution in [0.4, 0.5) is 14.9 Å². The fraction of sp³-hybridized carbons (Fsp3) is 0.400. The third kappa shape index (κ3) is 6.19. The van der Waals surface area contributed by atoms with E-state index in [1.54, 1.807) is 0 Å². The smallest absolute Gasteiger partial charge is 0.319 e. The molecule has 4 N–H and O–H groups in total. The Bertz CT molecular complexity index is 837. The number of hydrogen-bond acceptors (Lipinski definition) is 6. The first-order chi connectivity index (χ1) is 14.5. The van der Waals surface area contributed by atoms with Gasteiger partial charge in [0.1, 0.15) is 17.6 Å². The summed E-state index contributed by atoms with van der Waals surface area (Å²) >= 11 is 0. The van der Waals surface area contributed by atoms with Gasteiger partial charge in [0.05, 0.1) is 24.9 Å². The molecule has 10 heteroatoms. The lowest BCUT2D eigenvalue weighted by Crippen LogP contribution is -2.51. The lowest BCUT2D eigenvalue weighted by atomic mass is 9.97. The van der Waals surface area contributed by atoms with E-state index in [9.17, 15) is 19.1 Å². The largest absolute Gasteiger partial charge is 0.394 e. The highest BCUT2D eigenvalue weighted by atomic mass is 19.1. The summed E-state index contributed by atoms with van der Waals surface area (Å²) in [4.78, 5) is 32.0. The van der Waals surface area contributed by atoms with Gasteiger partial charge in [-0.2, -0.15) is 0 Å². The van der Waals surface area contributed by atoms with Crippen LogP contribution in [0.2, 0.25) is 0 Å². The Balaban J connectivity index is 1.40. The molecule has 1 saturated heterocycles. The molecular formula is C20H24FN5O4. The van der Waals surface area contributed by atoms with E-state index in [0.717, 1.165) is 0 Å². The summed E-state index contributed by atoms with van der Waals surface area (Å²) in [5.41, 5.74) is 0.692. The minimum absolute atomic E-state index is 0.155. The molecule has 0 unspecified atom stereocenters. The summed E-state index contributed by atoms with van der Waals surface area (Å²) in [6, 6.07) is 4.74. The van der Waals surface area contributed by atoms with Gasteiger partial charge in [-0.05, 0) is 43.5 Å². The monoisotopic (exact) mass is 417 g/mol. The number of aliphatic hydroxyl groups excluding tert-OH is 1. The molecule has 1 aromatic carbocycles. The zero-order chi connectivity index (χ0) is 21.3. The molecule has 3 atom stereocenters. The molecule has 0 bridgehead atoms. The molecule has 0 aliphatic carbocycles. The molecule has 1 aliphatic rings. The number of urea groups is 1. The van der Waals surface area contributed by atoms with Crippen molar-refractivity contribution in [2.75, 3.05) is 18.5 Å². The van der Waals surface area contributed by atoms with E-state index in [1.165, 1.54) is 42.9 Å². The first-order valence-electron chi connectivity index (χ1n) is 9.68. The summed E-state index contributed by atoms with van der Waals surface area (Å²) < 4.78 is 18.8. The van der Waals surface area contributed by atoms with Gasteiger partial charge in [0.15, 0.2) is 0 Å². The number of ether oxygens (including phenoxy) is 1. The number of aliphatic hydroxyl groups is 1. The van der Waals surface area contributed by atoms with E-state index in [1.807, 2.05) is 0 Å². The second kappa shape index (κ2) is 10.6. The quantitative estimate of drug-likeness (QED) is 0.541. The Kier molecular flexibility index (Phi) is 7.63. The number of nitrogens with one attached hydrogen (secondary N) is 3. The normalized spacial score (nSPS) is 20.9. The standard InChI is InChI=1S/C20H24FN5O4/c21-13-1-3-14(4-2-13)25-20(29)24-8-7-15-5-6-16(18(12-27)30-15)26-19(28)17-11-22-9-10-23-17/h1-4,9-11,15-16,18,27H,5-8,12H2,(H,26,28)(H2,24,25,29)/t15-,16-,18+/m0/s1. The molecule has 0 radical (unpaired) electrons. The molecule has 160 valence electrons. The molecule has 3 rings (SSSR count). The van der Waals surface area contributed by atoms with Crippen molar-refractivity contribution in [2.45, 2.75) is 37.5 Å². The van der Waals surface area contributed by atoms with Crippen LogP contribution in [0.3, 0.4) is 0 Å². The van der Waals surface area contributed by atoms with Gasteiger partial charge in [-0.25, -0.2) is 14.2 Å². The minimum Gasteiger partial charge on any atom is -0.394 e. The Morgan fingerprint density at radius 1 is 1.20 bits per heavy atom. The van der Waals surface area contributed by atoms with Crippen molar-refractivity contribution < 1.29 is 23.8 Å². The molecular weight excluding hydrogens is 393 g/mol. The first-order valence-corrected chi connectivity index (χ1v) is 9.68. The maximum absolute atomic E-state index is 12.9. The van der Waals surface area contributed by atoms with Crippen LogP contribution in [0.15, 0.2) is 42.9 Å². The average molecular weight is 417 g/mol. The molecule has 30 heavy (non-hydrogen) atoms. The van der Waals surface area contributed by atoms with Crippen LogP contribution in [0.1, 0.15) is 29.8 Å². The van der Waals surface area contributed by atoms with Crippen molar-refractivity contribution in [3.63, 3.8) is 0 Å². The zero-order valence-electron chi connectivity index (χ0n) is 16.3. The Labute approximate surface area is 173 Å². The maximum atomic E-state index is 12.9. The topological polar surface area (TPSA) is 125 Å². The second-order valence-corrected chi connectivity index (χ2v) is 6.90. The number of anilines is 1. The molecule has 2 heterocycles. The summed E-state index contributed by atoms with van der Waals surface area (Å²) in [5, 5.41) is 17.8. The fourth-order valence-electron chi connectivity index (χ4n) is 3.22. The van der Waals surface area contributed by atoms with Crippen molar-refractivity contribution in [3.05, 3.63) is 54.4 Å². The predicted octanol–water partition coefficient (Wildman–Crippen LogP) is 1.47. The minimum atomic E-state index is -0.544. The number of halogens is 1. The van der Waals surface area contributed by atoms with Gasteiger partial charge in [0, 0.05) is 24.6 Å². The summed E-state index contributed by atoms with van der Waals surface area (Å²) in [6.07, 6.45) is 5.44. The van der Waals surface area contributed by atoms with Gasteiger partial charge in [0.2, 0.25) is 0 Å². The van der Waals surface area contributed by atoms with Crippen molar-refractivity contribution in [3.8, 4) is 0 Å². The van der Waals surface area contributed by atoms with Crippen LogP contribution >= 0.6 is 0 Å². The van der Waals surface area contributed by atoms with E-state index in [2.05, 4.69) is 25.9 Å². The molecule has 1 fully saturated rings. The van der Waals surface area contributed by atoms with Crippen molar-refractivity contribution in [2.24, 2.45) is 0 Å². The number of benzene rings is 1. The molecule has 1 aromatic heterocycles. The van der Waals surface area contributed by atoms with Crippen LogP contribution in [0.25, 0.3) is 0 Å². The number of rotatable bonds is 7. The number of carbonyl (C=O) groups is 2. The van der Waals surface area contributed by atoms with Crippen molar-refractivity contribution >= 4 is 17.6 Å². The van der Waals surface area contributed by atoms with E-state index >= 15 is 0 Å². The van der Waals surface area contributed by atoms with E-state index in [-0.39, 0.29) is 36.2 Å². The molecule has 3 amide bonds. The summed E-state index contributed by atoms with van der Waals surface area (Å²) in [5.74, 6) is -0.743. The maximum Gasteiger partial charge on any atom is 0.319 e. The SMILES string of the molecule is O=C(NCC[C@@H]1CC[C@H](NC(=O)c2cnccn2)[C@@H](CO)O1)Nc1ccc(F)cc1. The van der Waals surface area contributed by atoms with Gasteiger partial charge in [-0.15, -0.1) is 0 Å². The fourth-order valence-corrected chi connectivity index (χ4v) is 3.22. The van der Waals surface area contributed by atoms with Crippen LogP contribution < -0.4 is 16.0 Å². The molecule has 2 aromatic rings. The summed E-state index contributed by atoms with van der Waals surface area (Å²) in [7, 11) is 0. The van der Waals surface area contributed by atoms with Gasteiger partial charge in [-0.1, -0.05) is 0 Å². The van der Waals surface area contributed by atoms with Gasteiger partial charge in [0.25, 0.3) is 5.91 Å². The lowest BCUT2D eigenvalue weighted by Gasteiger charge is -2.36. The van der Waals surface area contributed by atoms with Gasteiger partial charge >= 0.3 is 6.03 Å². The molecule has 0 spiro atoms. The molecule has 9 nitrogen and oxygen atoms in total. The van der Waals surface area contributed by atoms with Crippen LogP contribution in [0, 0.1) is 5.82 Å². The van der Waals surface area contributed by atoms with Crippen LogP contribution in [0.5, 0.6) is 0 Å². The second-order valence-electron chi connectivity index (χ2n) is 6.90. The molecule has 1 aliphatic heterocycles. The third-order valence-corrected chi connectivity index (χ3v) is 4.76. The lowest BCUT2D eigenvalue weighted by molar-refractivity contribution is -0.0892. The van der Waals surface area contributed by atoms with E-state index in [4.69, 9.17) is 4.74 Å². The Morgan fingerprint density at radius 2 is 2.00 bits per heavy atom. The van der Waals surface area contributed by atoms with Crippen molar-refractivity contribution in [1.82, 2.24) is 20.6 Å². The number of carbonyl (C=O) groups excluding carboxylic acids is 2. The summed E-state index contributed by atoms with van der Waals surface area (Å²) in [6.45, 7) is 0.132. The Morgan fingerprint density at radius 3 is 2.70 bits per heavy atom. The zero-order valence-corrected chi connectivity index (χ0v) is 16.3. The Hall–Kier alpha value is -3.11. The van der Waals surface area contributed by atoms with Gasteiger partial charge in [-0.3, -0.25) is 9.78 Å². The van der Waals surface area contributed by atoms with Crippen LogP contribution in [-0.2, 0) is 4.74 Å². The first kappa shape index (κ1) is 21.6. The van der Waals surface area contributed by atoms with Gasteiger partial charge < -0.3 is 25.8 Å². The van der Waals surface area contributed by atoms with Crippen molar-refractivity contribution in [1.29, 1.82) is 0 Å². The average Bonchev–Trinajstić information content (AvgIpc) is 2.77.